The lowest BCUT2D eigenvalue weighted by Gasteiger charge is -2.22. The lowest BCUT2D eigenvalue weighted by atomic mass is 10.2. The standard InChI is InChI=1S/C12H16N2O2S.ClH/c1-10-4-6-12(7-5-10)17(15,16)14-9-8-13(3)11(14)2;/h4-9,11H,1-3H3;1H. The SMILES string of the molecule is Cc1ccc(S(=O)(=O)N2C=C[NH+](C)C2C)cc1.[Cl-]. The third-order valence-corrected chi connectivity index (χ3v) is 4.98. The average Bonchev–Trinajstić information content (AvgIpc) is 2.61. The van der Waals surface area contributed by atoms with Gasteiger partial charge < -0.3 is 12.4 Å². The molecular formula is C12H17ClN2O2S. The maximum absolute atomic E-state index is 12.4. The maximum Gasteiger partial charge on any atom is 0.268 e. The second-order valence-corrected chi connectivity index (χ2v) is 6.23. The first-order valence-electron chi connectivity index (χ1n) is 5.55. The Morgan fingerprint density at radius 2 is 1.78 bits per heavy atom. The summed E-state index contributed by atoms with van der Waals surface area (Å²) in [4.78, 5) is 1.40. The van der Waals surface area contributed by atoms with Gasteiger partial charge in [-0.1, -0.05) is 17.7 Å². The fourth-order valence-electron chi connectivity index (χ4n) is 1.78. The largest absolute Gasteiger partial charge is 1.00 e. The van der Waals surface area contributed by atoms with E-state index < -0.39 is 10.0 Å². The van der Waals surface area contributed by atoms with Gasteiger partial charge in [0, 0.05) is 6.92 Å². The van der Waals surface area contributed by atoms with Crippen LogP contribution in [-0.4, -0.2) is 25.9 Å². The minimum atomic E-state index is -3.41. The van der Waals surface area contributed by atoms with Crippen LogP contribution in [0, 0.1) is 6.92 Å². The van der Waals surface area contributed by atoms with E-state index in [1.165, 1.54) is 4.31 Å². The van der Waals surface area contributed by atoms with E-state index in [1.54, 1.807) is 18.3 Å². The van der Waals surface area contributed by atoms with Crippen LogP contribution in [0.1, 0.15) is 12.5 Å². The van der Waals surface area contributed by atoms with E-state index in [4.69, 9.17) is 0 Å². The summed E-state index contributed by atoms with van der Waals surface area (Å²) in [5, 5.41) is 0. The van der Waals surface area contributed by atoms with E-state index in [2.05, 4.69) is 0 Å². The van der Waals surface area contributed by atoms with Gasteiger partial charge >= 0.3 is 0 Å². The molecule has 1 N–H and O–H groups in total. The van der Waals surface area contributed by atoms with Crippen LogP contribution in [0.2, 0.25) is 0 Å². The summed E-state index contributed by atoms with van der Waals surface area (Å²) in [6.07, 6.45) is 3.38. The number of nitrogens with zero attached hydrogens (tertiary/aromatic N) is 1. The number of quaternary nitrogens is 1. The van der Waals surface area contributed by atoms with Crippen molar-refractivity contribution in [3.05, 3.63) is 42.2 Å². The maximum atomic E-state index is 12.4. The molecule has 1 aromatic rings. The molecule has 1 aliphatic rings. The molecule has 1 aromatic carbocycles. The van der Waals surface area contributed by atoms with Crippen molar-refractivity contribution in [2.45, 2.75) is 24.9 Å². The molecule has 0 aromatic heterocycles. The number of sulfonamides is 1. The van der Waals surface area contributed by atoms with Crippen molar-refractivity contribution in [3.63, 3.8) is 0 Å². The normalized spacial score (nSPS) is 22.9. The van der Waals surface area contributed by atoms with Gasteiger partial charge in [0.1, 0.15) is 6.20 Å². The monoisotopic (exact) mass is 288 g/mol. The van der Waals surface area contributed by atoms with Crippen LogP contribution >= 0.6 is 0 Å². The first-order valence-corrected chi connectivity index (χ1v) is 6.99. The van der Waals surface area contributed by atoms with Gasteiger partial charge in [-0.05, 0) is 19.1 Å². The predicted molar refractivity (Wildman–Crippen MR) is 65.7 cm³/mol. The summed E-state index contributed by atoms with van der Waals surface area (Å²) in [6.45, 7) is 3.83. The van der Waals surface area contributed by atoms with Crippen molar-refractivity contribution in [1.82, 2.24) is 4.31 Å². The minimum absolute atomic E-state index is 0. The molecule has 0 fully saturated rings. The number of halogens is 1. The molecule has 2 atom stereocenters. The van der Waals surface area contributed by atoms with Crippen LogP contribution in [0.15, 0.2) is 41.6 Å². The highest BCUT2D eigenvalue weighted by molar-refractivity contribution is 7.89. The van der Waals surface area contributed by atoms with Crippen LogP contribution in [0.4, 0.5) is 0 Å². The van der Waals surface area contributed by atoms with Crippen LogP contribution in [-0.2, 0) is 10.0 Å². The number of hydrogen-bond acceptors (Lipinski definition) is 2. The molecule has 2 rings (SSSR count). The molecule has 18 heavy (non-hydrogen) atoms. The third-order valence-electron chi connectivity index (χ3n) is 3.12. The zero-order valence-corrected chi connectivity index (χ0v) is 12.2. The molecule has 0 bridgehead atoms. The Kier molecular flexibility index (Phi) is 4.42. The Morgan fingerprint density at radius 3 is 2.22 bits per heavy atom. The summed E-state index contributed by atoms with van der Waals surface area (Å²) in [5.74, 6) is 0. The van der Waals surface area contributed by atoms with Gasteiger partial charge in [0.2, 0.25) is 0 Å². The third kappa shape index (κ3) is 2.53. The van der Waals surface area contributed by atoms with Crippen molar-refractivity contribution in [1.29, 1.82) is 0 Å². The number of nitrogens with one attached hydrogen (secondary N) is 1. The Bertz CT molecular complexity index is 540. The fraction of sp³-hybridized carbons (Fsp3) is 0.333. The molecular weight excluding hydrogens is 272 g/mol. The van der Waals surface area contributed by atoms with E-state index in [9.17, 15) is 8.42 Å². The molecule has 0 saturated heterocycles. The summed E-state index contributed by atoms with van der Waals surface area (Å²) < 4.78 is 26.1. The second-order valence-electron chi connectivity index (χ2n) is 4.38. The fourth-order valence-corrected chi connectivity index (χ4v) is 3.31. The second kappa shape index (κ2) is 5.30. The average molecular weight is 289 g/mol. The van der Waals surface area contributed by atoms with E-state index >= 15 is 0 Å². The first-order chi connectivity index (χ1) is 7.93. The van der Waals surface area contributed by atoms with Crippen molar-refractivity contribution in [2.75, 3.05) is 7.05 Å². The topological polar surface area (TPSA) is 41.8 Å². The Labute approximate surface area is 114 Å². The van der Waals surface area contributed by atoms with Crippen LogP contribution in [0.5, 0.6) is 0 Å². The summed E-state index contributed by atoms with van der Waals surface area (Å²) >= 11 is 0. The van der Waals surface area contributed by atoms with Crippen molar-refractivity contribution < 1.29 is 25.7 Å². The zero-order chi connectivity index (χ0) is 12.6. The van der Waals surface area contributed by atoms with Gasteiger partial charge in [0.05, 0.1) is 18.1 Å². The molecule has 100 valence electrons. The van der Waals surface area contributed by atoms with Crippen molar-refractivity contribution in [3.8, 4) is 0 Å². The number of rotatable bonds is 2. The molecule has 0 saturated carbocycles. The smallest absolute Gasteiger partial charge is 0.268 e. The first kappa shape index (κ1) is 15.0. The molecule has 2 unspecified atom stereocenters. The highest BCUT2D eigenvalue weighted by Crippen LogP contribution is 2.18. The minimum Gasteiger partial charge on any atom is -1.00 e. The molecule has 4 nitrogen and oxygen atoms in total. The van der Waals surface area contributed by atoms with Crippen LogP contribution in [0.25, 0.3) is 0 Å². The van der Waals surface area contributed by atoms with E-state index in [-0.39, 0.29) is 18.6 Å². The molecule has 6 heteroatoms. The van der Waals surface area contributed by atoms with Gasteiger partial charge in [-0.3, -0.25) is 4.90 Å². The van der Waals surface area contributed by atoms with Crippen molar-refractivity contribution >= 4 is 10.0 Å². The molecule has 0 aliphatic carbocycles. The predicted octanol–water partition coefficient (Wildman–Crippen LogP) is -2.66. The van der Waals surface area contributed by atoms with Crippen LogP contribution < -0.4 is 17.3 Å². The highest BCUT2D eigenvalue weighted by atomic mass is 35.5. The van der Waals surface area contributed by atoms with Crippen molar-refractivity contribution in [2.24, 2.45) is 0 Å². The summed E-state index contributed by atoms with van der Waals surface area (Å²) in [5.41, 5.74) is 1.05. The van der Waals surface area contributed by atoms with Gasteiger partial charge in [0.25, 0.3) is 10.0 Å². The molecule has 0 spiro atoms. The highest BCUT2D eigenvalue weighted by Gasteiger charge is 2.34. The molecule has 0 radical (unpaired) electrons. The molecule has 1 heterocycles. The lowest BCUT2D eigenvalue weighted by molar-refractivity contribution is -0.852. The number of hydrogen-bond donors (Lipinski definition) is 1. The Balaban J connectivity index is 0.00000162. The van der Waals surface area contributed by atoms with Gasteiger partial charge in [0.15, 0.2) is 6.17 Å². The zero-order valence-electron chi connectivity index (χ0n) is 10.6. The van der Waals surface area contributed by atoms with Crippen LogP contribution in [0.3, 0.4) is 0 Å². The summed E-state index contributed by atoms with van der Waals surface area (Å²) in [6, 6.07) is 6.93. The Hall–Kier alpha value is -1.04. The number of benzene rings is 1. The number of aryl methyl sites for hydroxylation is 1. The van der Waals surface area contributed by atoms with Gasteiger partial charge in [-0.25, -0.2) is 12.7 Å². The van der Waals surface area contributed by atoms with E-state index in [0.29, 0.717) is 4.90 Å². The van der Waals surface area contributed by atoms with E-state index in [1.807, 2.05) is 39.2 Å². The quantitative estimate of drug-likeness (QED) is 0.645. The van der Waals surface area contributed by atoms with Gasteiger partial charge in [-0.15, -0.1) is 0 Å². The van der Waals surface area contributed by atoms with Gasteiger partial charge in [-0.2, -0.15) is 0 Å². The molecule has 0 amide bonds. The molecule has 1 aliphatic heterocycles. The summed E-state index contributed by atoms with van der Waals surface area (Å²) in [7, 11) is -1.48. The van der Waals surface area contributed by atoms with E-state index in [0.717, 1.165) is 10.5 Å². The Morgan fingerprint density at radius 1 is 1.22 bits per heavy atom. The lowest BCUT2D eigenvalue weighted by Crippen LogP contribution is -3.08.